The molecule has 0 bridgehead atoms. The summed E-state index contributed by atoms with van der Waals surface area (Å²) in [5.41, 5.74) is 1.87. The molecule has 1 N–H and O–H groups in total. The Morgan fingerprint density at radius 3 is 2.81 bits per heavy atom. The number of carbonyl (C=O) groups excluding carboxylic acids is 1. The van der Waals surface area contributed by atoms with Crippen molar-refractivity contribution in [3.05, 3.63) is 23.8 Å². The highest BCUT2D eigenvalue weighted by Gasteiger charge is 2.27. The van der Waals surface area contributed by atoms with Gasteiger partial charge in [0.15, 0.2) is 0 Å². The van der Waals surface area contributed by atoms with Crippen molar-refractivity contribution in [3.63, 3.8) is 0 Å². The molecule has 1 aromatic rings. The highest BCUT2D eigenvalue weighted by molar-refractivity contribution is 5.90. The summed E-state index contributed by atoms with van der Waals surface area (Å²) in [5.74, 6) is 0.807. The quantitative estimate of drug-likeness (QED) is 0.876. The van der Waals surface area contributed by atoms with E-state index < -0.39 is 0 Å². The molecule has 6 nitrogen and oxygen atoms in total. The second kappa shape index (κ2) is 9.24. The lowest BCUT2D eigenvalue weighted by Gasteiger charge is -2.37. The summed E-state index contributed by atoms with van der Waals surface area (Å²) in [4.78, 5) is 17.4. The van der Waals surface area contributed by atoms with Crippen LogP contribution in [0.25, 0.3) is 0 Å². The highest BCUT2D eigenvalue weighted by Crippen LogP contribution is 2.24. The maximum Gasteiger partial charge on any atom is 0.322 e. The zero-order chi connectivity index (χ0) is 18.4. The first-order valence-corrected chi connectivity index (χ1v) is 9.70. The first-order valence-electron chi connectivity index (χ1n) is 9.70. The molecular formula is C20H31N3O3. The molecule has 2 heterocycles. The van der Waals surface area contributed by atoms with Crippen molar-refractivity contribution < 1.29 is 14.3 Å². The SMILES string of the molecule is COc1ccc(NC(=O)N2CCCC[C@H]2CCN2CCOCC2)c(C)c1. The Balaban J connectivity index is 1.58. The standard InChI is InChI=1S/C20H31N3O3/c1-16-15-18(25-2)6-7-19(16)21-20(24)23-9-4-3-5-17(23)8-10-22-11-13-26-14-12-22/h6-7,15,17H,3-5,8-14H2,1-2H3,(H,21,24)/t17-/m0/s1. The van der Waals surface area contributed by atoms with E-state index in [-0.39, 0.29) is 6.03 Å². The van der Waals surface area contributed by atoms with Crippen LogP contribution in [0.15, 0.2) is 18.2 Å². The number of amides is 2. The summed E-state index contributed by atoms with van der Waals surface area (Å²) < 4.78 is 10.7. The van der Waals surface area contributed by atoms with Gasteiger partial charge in [0.2, 0.25) is 0 Å². The van der Waals surface area contributed by atoms with Gasteiger partial charge in [-0.1, -0.05) is 0 Å². The lowest BCUT2D eigenvalue weighted by Crippen LogP contribution is -2.48. The molecule has 26 heavy (non-hydrogen) atoms. The number of ether oxygens (including phenoxy) is 2. The second-order valence-electron chi connectivity index (χ2n) is 7.20. The Morgan fingerprint density at radius 2 is 2.08 bits per heavy atom. The lowest BCUT2D eigenvalue weighted by atomic mass is 9.99. The lowest BCUT2D eigenvalue weighted by molar-refractivity contribution is 0.0329. The van der Waals surface area contributed by atoms with Crippen LogP contribution in [0.1, 0.15) is 31.2 Å². The number of likely N-dealkylation sites (tertiary alicyclic amines) is 1. The van der Waals surface area contributed by atoms with Crippen LogP contribution in [-0.4, -0.2) is 68.4 Å². The number of morpholine rings is 1. The molecule has 2 amide bonds. The summed E-state index contributed by atoms with van der Waals surface area (Å²) in [5, 5.41) is 3.10. The number of rotatable bonds is 5. The van der Waals surface area contributed by atoms with Crippen LogP contribution in [0, 0.1) is 6.92 Å². The maximum absolute atomic E-state index is 12.9. The van der Waals surface area contributed by atoms with Crippen LogP contribution >= 0.6 is 0 Å². The number of hydrogen-bond donors (Lipinski definition) is 1. The molecule has 0 radical (unpaired) electrons. The Labute approximate surface area is 156 Å². The van der Waals surface area contributed by atoms with Crippen LogP contribution in [0.4, 0.5) is 10.5 Å². The molecule has 0 aromatic heterocycles. The van der Waals surface area contributed by atoms with Crippen molar-refractivity contribution in [1.82, 2.24) is 9.80 Å². The fraction of sp³-hybridized carbons (Fsp3) is 0.650. The van der Waals surface area contributed by atoms with E-state index in [1.165, 1.54) is 6.42 Å². The minimum Gasteiger partial charge on any atom is -0.497 e. The minimum absolute atomic E-state index is 0.0185. The van der Waals surface area contributed by atoms with E-state index in [1.54, 1.807) is 7.11 Å². The normalized spacial score (nSPS) is 21.5. The number of hydrogen-bond acceptors (Lipinski definition) is 4. The van der Waals surface area contributed by atoms with Gasteiger partial charge in [0.25, 0.3) is 0 Å². The average molecular weight is 361 g/mol. The molecule has 2 saturated heterocycles. The van der Waals surface area contributed by atoms with E-state index in [0.29, 0.717) is 6.04 Å². The van der Waals surface area contributed by atoms with Gasteiger partial charge in [0.1, 0.15) is 5.75 Å². The van der Waals surface area contributed by atoms with Gasteiger partial charge in [-0.15, -0.1) is 0 Å². The Bertz CT molecular complexity index is 602. The van der Waals surface area contributed by atoms with Gasteiger partial charge in [0, 0.05) is 37.9 Å². The van der Waals surface area contributed by atoms with Gasteiger partial charge >= 0.3 is 6.03 Å². The molecule has 0 unspecified atom stereocenters. The molecule has 2 aliphatic heterocycles. The third-order valence-corrected chi connectivity index (χ3v) is 5.45. The predicted molar refractivity (Wildman–Crippen MR) is 103 cm³/mol. The fourth-order valence-corrected chi connectivity index (χ4v) is 3.81. The van der Waals surface area contributed by atoms with E-state index in [2.05, 4.69) is 10.2 Å². The van der Waals surface area contributed by atoms with Crippen molar-refractivity contribution in [1.29, 1.82) is 0 Å². The van der Waals surface area contributed by atoms with Gasteiger partial charge in [-0.2, -0.15) is 0 Å². The van der Waals surface area contributed by atoms with E-state index in [0.717, 1.165) is 75.7 Å². The topological polar surface area (TPSA) is 54.0 Å². The number of anilines is 1. The van der Waals surface area contributed by atoms with Crippen LogP contribution in [0.2, 0.25) is 0 Å². The highest BCUT2D eigenvalue weighted by atomic mass is 16.5. The largest absolute Gasteiger partial charge is 0.497 e. The van der Waals surface area contributed by atoms with Crippen LogP contribution in [0.5, 0.6) is 5.75 Å². The summed E-state index contributed by atoms with van der Waals surface area (Å²) in [6.07, 6.45) is 4.43. The van der Waals surface area contributed by atoms with Gasteiger partial charge in [0.05, 0.1) is 20.3 Å². The Morgan fingerprint density at radius 1 is 1.27 bits per heavy atom. The fourth-order valence-electron chi connectivity index (χ4n) is 3.81. The zero-order valence-corrected chi connectivity index (χ0v) is 16.0. The molecule has 0 saturated carbocycles. The summed E-state index contributed by atoms with van der Waals surface area (Å²) in [6.45, 7) is 7.53. The van der Waals surface area contributed by atoms with Crippen molar-refractivity contribution in [2.24, 2.45) is 0 Å². The zero-order valence-electron chi connectivity index (χ0n) is 16.0. The smallest absolute Gasteiger partial charge is 0.322 e. The van der Waals surface area contributed by atoms with Crippen molar-refractivity contribution in [2.45, 2.75) is 38.6 Å². The first-order chi connectivity index (χ1) is 12.7. The molecule has 1 aromatic carbocycles. The monoisotopic (exact) mass is 361 g/mol. The third-order valence-electron chi connectivity index (χ3n) is 5.45. The van der Waals surface area contributed by atoms with Crippen molar-refractivity contribution in [3.8, 4) is 5.75 Å². The van der Waals surface area contributed by atoms with E-state index in [9.17, 15) is 4.79 Å². The number of nitrogens with one attached hydrogen (secondary N) is 1. The van der Waals surface area contributed by atoms with Gasteiger partial charge in [-0.05, 0) is 56.4 Å². The van der Waals surface area contributed by atoms with Crippen LogP contribution in [-0.2, 0) is 4.74 Å². The van der Waals surface area contributed by atoms with Crippen molar-refractivity contribution >= 4 is 11.7 Å². The van der Waals surface area contributed by atoms with Crippen LogP contribution in [0.3, 0.4) is 0 Å². The number of urea groups is 1. The summed E-state index contributed by atoms with van der Waals surface area (Å²) in [6, 6.07) is 6.09. The number of methoxy groups -OCH3 is 1. The molecule has 2 aliphatic rings. The van der Waals surface area contributed by atoms with E-state index in [1.807, 2.05) is 30.0 Å². The summed E-state index contributed by atoms with van der Waals surface area (Å²) in [7, 11) is 1.65. The van der Waals surface area contributed by atoms with Gasteiger partial charge in [-0.25, -0.2) is 4.79 Å². The second-order valence-corrected chi connectivity index (χ2v) is 7.20. The number of nitrogens with zero attached hydrogens (tertiary/aromatic N) is 2. The molecule has 0 spiro atoms. The Kier molecular flexibility index (Phi) is 6.74. The molecule has 1 atom stereocenters. The predicted octanol–water partition coefficient (Wildman–Crippen LogP) is 3.11. The maximum atomic E-state index is 12.9. The minimum atomic E-state index is 0.0185. The molecule has 2 fully saturated rings. The number of aryl methyl sites for hydroxylation is 1. The van der Waals surface area contributed by atoms with E-state index in [4.69, 9.17) is 9.47 Å². The van der Waals surface area contributed by atoms with Crippen LogP contribution < -0.4 is 10.1 Å². The average Bonchev–Trinajstić information content (AvgIpc) is 2.69. The number of carbonyl (C=O) groups is 1. The number of piperidine rings is 1. The molecular weight excluding hydrogens is 330 g/mol. The third kappa shape index (κ3) is 4.89. The van der Waals surface area contributed by atoms with Gasteiger partial charge in [-0.3, -0.25) is 4.90 Å². The van der Waals surface area contributed by atoms with Crippen molar-refractivity contribution in [2.75, 3.05) is 51.8 Å². The summed E-state index contributed by atoms with van der Waals surface area (Å²) >= 11 is 0. The molecule has 3 rings (SSSR count). The number of benzene rings is 1. The molecule has 144 valence electrons. The Hall–Kier alpha value is -1.79. The molecule has 6 heteroatoms. The van der Waals surface area contributed by atoms with E-state index >= 15 is 0 Å². The molecule has 0 aliphatic carbocycles. The van der Waals surface area contributed by atoms with Gasteiger partial charge < -0.3 is 19.7 Å². The first kappa shape index (κ1) is 19.0.